The average molecular weight is 272 g/mol. The van der Waals surface area contributed by atoms with Crippen LogP contribution in [0.3, 0.4) is 0 Å². The molecule has 1 aromatic carbocycles. The van der Waals surface area contributed by atoms with E-state index in [1.165, 1.54) is 6.20 Å². The Morgan fingerprint density at radius 2 is 2.05 bits per heavy atom. The number of aromatic nitrogens is 2. The summed E-state index contributed by atoms with van der Waals surface area (Å²) in [6.45, 7) is 2.90. The van der Waals surface area contributed by atoms with Crippen molar-refractivity contribution in [1.82, 2.24) is 9.97 Å². The van der Waals surface area contributed by atoms with E-state index in [-0.39, 0.29) is 0 Å². The number of carbonyl (C=O) groups is 1. The molecule has 0 aliphatic carbocycles. The van der Waals surface area contributed by atoms with Gasteiger partial charge in [-0.2, -0.15) is 4.98 Å². The highest BCUT2D eigenvalue weighted by atomic mass is 16.5. The Morgan fingerprint density at radius 1 is 1.30 bits per heavy atom. The second kappa shape index (κ2) is 6.51. The van der Waals surface area contributed by atoms with Crippen molar-refractivity contribution in [3.05, 3.63) is 42.2 Å². The fourth-order valence-electron chi connectivity index (χ4n) is 1.54. The Hall–Kier alpha value is -2.63. The number of primary amides is 1. The molecular weight excluding hydrogens is 256 g/mol. The predicted molar refractivity (Wildman–Crippen MR) is 75.8 cm³/mol. The van der Waals surface area contributed by atoms with Crippen molar-refractivity contribution < 1.29 is 9.53 Å². The smallest absolute Gasteiger partial charge is 0.248 e. The number of ether oxygens (including phenoxy) is 1. The zero-order valence-corrected chi connectivity index (χ0v) is 11.2. The average Bonchev–Trinajstić information content (AvgIpc) is 2.46. The highest BCUT2D eigenvalue weighted by molar-refractivity contribution is 5.92. The summed E-state index contributed by atoms with van der Waals surface area (Å²) < 4.78 is 5.57. The Labute approximate surface area is 117 Å². The first kappa shape index (κ1) is 13.8. The molecule has 0 bridgehead atoms. The summed E-state index contributed by atoms with van der Waals surface area (Å²) in [6.07, 6.45) is 4.17. The van der Waals surface area contributed by atoms with Crippen LogP contribution in [-0.2, 0) is 0 Å². The second-order valence-electron chi connectivity index (χ2n) is 4.16. The number of nitrogens with zero attached hydrogens (tertiary/aromatic N) is 2. The molecule has 2 aromatic rings. The van der Waals surface area contributed by atoms with E-state index in [9.17, 15) is 4.79 Å². The number of rotatable bonds is 6. The van der Waals surface area contributed by atoms with Crippen molar-refractivity contribution in [2.45, 2.75) is 13.3 Å². The lowest BCUT2D eigenvalue weighted by Crippen LogP contribution is -2.10. The quantitative estimate of drug-likeness (QED) is 0.841. The lowest BCUT2D eigenvalue weighted by atomic mass is 10.2. The van der Waals surface area contributed by atoms with Gasteiger partial charge >= 0.3 is 0 Å². The molecule has 0 aliphatic rings. The lowest BCUT2D eigenvalue weighted by molar-refractivity contribution is 0.100. The second-order valence-corrected chi connectivity index (χ2v) is 4.16. The van der Waals surface area contributed by atoms with E-state index in [2.05, 4.69) is 22.2 Å². The van der Waals surface area contributed by atoms with E-state index < -0.39 is 5.91 Å². The van der Waals surface area contributed by atoms with Gasteiger partial charge in [-0.25, -0.2) is 0 Å². The molecule has 6 heteroatoms. The molecule has 3 N–H and O–H groups in total. The number of nitrogens with one attached hydrogen (secondary N) is 1. The van der Waals surface area contributed by atoms with Gasteiger partial charge < -0.3 is 15.8 Å². The fraction of sp³-hybridized carbons (Fsp3) is 0.214. The first-order chi connectivity index (χ1) is 9.69. The Morgan fingerprint density at radius 3 is 2.70 bits per heavy atom. The molecule has 0 atom stereocenters. The maximum atomic E-state index is 11.0. The standard InChI is InChI=1S/C14H16N4O2/c1-2-7-17-12-8-16-9-13(18-12)20-11-5-3-10(4-6-11)14(15)19/h3-6,8-9H,2,7H2,1H3,(H2,15,19)(H,17,18). The van der Waals surface area contributed by atoms with Crippen LogP contribution in [0.5, 0.6) is 11.6 Å². The van der Waals surface area contributed by atoms with Crippen LogP contribution in [0, 0.1) is 0 Å². The molecule has 1 amide bonds. The van der Waals surface area contributed by atoms with Gasteiger partial charge in [0, 0.05) is 12.1 Å². The number of nitrogens with two attached hydrogens (primary N) is 1. The molecule has 1 heterocycles. The van der Waals surface area contributed by atoms with Gasteiger partial charge in [0.25, 0.3) is 0 Å². The maximum Gasteiger partial charge on any atom is 0.248 e. The minimum absolute atomic E-state index is 0.387. The first-order valence-corrected chi connectivity index (χ1v) is 6.32. The number of carbonyl (C=O) groups excluding carboxylic acids is 1. The maximum absolute atomic E-state index is 11.0. The molecule has 0 unspecified atom stereocenters. The third-order valence-corrected chi connectivity index (χ3v) is 2.53. The summed E-state index contributed by atoms with van der Waals surface area (Å²) in [5.74, 6) is 1.15. The van der Waals surface area contributed by atoms with Crippen LogP contribution in [-0.4, -0.2) is 22.4 Å². The number of hydrogen-bond acceptors (Lipinski definition) is 5. The summed E-state index contributed by atoms with van der Waals surface area (Å²) >= 11 is 0. The molecule has 0 saturated heterocycles. The number of amides is 1. The highest BCUT2D eigenvalue weighted by Crippen LogP contribution is 2.20. The molecule has 0 spiro atoms. The normalized spacial score (nSPS) is 10.1. The van der Waals surface area contributed by atoms with Gasteiger partial charge in [0.05, 0.1) is 12.4 Å². The predicted octanol–water partition coefficient (Wildman–Crippen LogP) is 2.19. The molecule has 0 fully saturated rings. The van der Waals surface area contributed by atoms with E-state index in [0.717, 1.165) is 13.0 Å². The Balaban J connectivity index is 2.07. The minimum atomic E-state index is -0.470. The lowest BCUT2D eigenvalue weighted by Gasteiger charge is -2.07. The highest BCUT2D eigenvalue weighted by Gasteiger charge is 2.03. The van der Waals surface area contributed by atoms with E-state index in [0.29, 0.717) is 23.0 Å². The van der Waals surface area contributed by atoms with Crippen molar-refractivity contribution in [2.24, 2.45) is 5.73 Å². The molecule has 0 saturated carbocycles. The molecule has 104 valence electrons. The summed E-state index contributed by atoms with van der Waals surface area (Å²) in [5.41, 5.74) is 5.60. The number of hydrogen-bond donors (Lipinski definition) is 2. The zero-order valence-electron chi connectivity index (χ0n) is 11.2. The van der Waals surface area contributed by atoms with E-state index in [1.54, 1.807) is 30.5 Å². The number of anilines is 1. The summed E-state index contributed by atoms with van der Waals surface area (Å²) in [5, 5.41) is 3.13. The third kappa shape index (κ3) is 3.68. The van der Waals surface area contributed by atoms with Crippen molar-refractivity contribution >= 4 is 11.7 Å². The van der Waals surface area contributed by atoms with Gasteiger partial charge in [-0.05, 0) is 30.7 Å². The first-order valence-electron chi connectivity index (χ1n) is 6.32. The Kier molecular flexibility index (Phi) is 4.49. The monoisotopic (exact) mass is 272 g/mol. The summed E-state index contributed by atoms with van der Waals surface area (Å²) in [7, 11) is 0. The van der Waals surface area contributed by atoms with E-state index in [4.69, 9.17) is 10.5 Å². The van der Waals surface area contributed by atoms with Crippen LogP contribution < -0.4 is 15.8 Å². The van der Waals surface area contributed by atoms with Crippen LogP contribution in [0.4, 0.5) is 5.82 Å². The van der Waals surface area contributed by atoms with Crippen molar-refractivity contribution in [2.75, 3.05) is 11.9 Å². The van der Waals surface area contributed by atoms with E-state index in [1.807, 2.05) is 0 Å². The fourth-order valence-corrected chi connectivity index (χ4v) is 1.54. The largest absolute Gasteiger partial charge is 0.437 e. The molecule has 2 rings (SSSR count). The molecule has 20 heavy (non-hydrogen) atoms. The summed E-state index contributed by atoms with van der Waals surface area (Å²) in [6, 6.07) is 6.52. The van der Waals surface area contributed by atoms with Gasteiger partial charge in [-0.3, -0.25) is 9.78 Å². The van der Waals surface area contributed by atoms with Crippen molar-refractivity contribution in [3.63, 3.8) is 0 Å². The van der Waals surface area contributed by atoms with Gasteiger partial charge in [0.2, 0.25) is 11.8 Å². The van der Waals surface area contributed by atoms with Crippen LogP contribution in [0.25, 0.3) is 0 Å². The van der Waals surface area contributed by atoms with E-state index >= 15 is 0 Å². The van der Waals surface area contributed by atoms with Crippen LogP contribution in [0.15, 0.2) is 36.7 Å². The van der Waals surface area contributed by atoms with Crippen molar-refractivity contribution in [1.29, 1.82) is 0 Å². The van der Waals surface area contributed by atoms with Gasteiger partial charge in [0.1, 0.15) is 11.6 Å². The molecular formula is C14H16N4O2. The van der Waals surface area contributed by atoms with Crippen LogP contribution >= 0.6 is 0 Å². The van der Waals surface area contributed by atoms with Crippen molar-refractivity contribution in [3.8, 4) is 11.6 Å². The SMILES string of the molecule is CCCNc1cncc(Oc2ccc(C(N)=O)cc2)n1. The summed E-state index contributed by atoms with van der Waals surface area (Å²) in [4.78, 5) is 19.3. The molecule has 0 aliphatic heterocycles. The minimum Gasteiger partial charge on any atom is -0.437 e. The van der Waals surface area contributed by atoms with Gasteiger partial charge in [0.15, 0.2) is 0 Å². The molecule has 1 aromatic heterocycles. The third-order valence-electron chi connectivity index (χ3n) is 2.53. The Bertz CT molecular complexity index is 584. The van der Waals surface area contributed by atoms with Gasteiger partial charge in [-0.15, -0.1) is 0 Å². The van der Waals surface area contributed by atoms with Gasteiger partial charge in [-0.1, -0.05) is 6.92 Å². The zero-order chi connectivity index (χ0) is 14.4. The molecule has 0 radical (unpaired) electrons. The molecule has 6 nitrogen and oxygen atoms in total. The van der Waals surface area contributed by atoms with Crippen LogP contribution in [0.1, 0.15) is 23.7 Å². The van der Waals surface area contributed by atoms with Crippen LogP contribution in [0.2, 0.25) is 0 Å². The topological polar surface area (TPSA) is 90.1 Å². The number of benzene rings is 1.